The van der Waals surface area contributed by atoms with Gasteiger partial charge in [0.15, 0.2) is 0 Å². The number of aliphatic hydroxyl groups excluding tert-OH is 1. The van der Waals surface area contributed by atoms with Crippen molar-refractivity contribution in [2.75, 3.05) is 12.0 Å². The highest BCUT2D eigenvalue weighted by molar-refractivity contribution is 5.97. The van der Waals surface area contributed by atoms with Crippen LogP contribution in [-0.2, 0) is 22.2 Å². The molecular weight excluding hydrogens is 572 g/mol. The van der Waals surface area contributed by atoms with E-state index in [0.717, 1.165) is 22.6 Å². The third kappa shape index (κ3) is 7.93. The number of nitrogens with zero attached hydrogens (tertiary/aromatic N) is 2. The average Bonchev–Trinajstić information content (AvgIpc) is 3.02. The van der Waals surface area contributed by atoms with Gasteiger partial charge < -0.3 is 19.8 Å². The van der Waals surface area contributed by atoms with E-state index in [1.54, 1.807) is 18.2 Å². The average molecular weight is 615 g/mol. The van der Waals surface area contributed by atoms with Gasteiger partial charge in [0.25, 0.3) is 0 Å². The molecule has 0 amide bonds. The van der Waals surface area contributed by atoms with Crippen molar-refractivity contribution in [2.24, 2.45) is 0 Å². The number of ether oxygens (including phenoxy) is 1. The second-order valence-corrected chi connectivity index (χ2v) is 13.3. The summed E-state index contributed by atoms with van der Waals surface area (Å²) >= 11 is 0. The third-order valence-corrected chi connectivity index (χ3v) is 7.90. The maximum atomic E-state index is 11.3. The van der Waals surface area contributed by atoms with E-state index in [-0.39, 0.29) is 17.4 Å². The number of rotatable bonds is 9. The van der Waals surface area contributed by atoms with Crippen LogP contribution < -0.4 is 9.64 Å². The molecule has 0 spiro atoms. The molecule has 236 valence electrons. The molecule has 0 aliphatic heterocycles. The molecule has 4 aromatic rings. The SMILES string of the molecule is COc1cc(/C=C/c2ccc(N(c3ccc(C(C)(C)C)cc3)c3ccc(C(C)(C)C)cc3)cc2)c(CO)cc1/C=C(/C#N)C(=O)O. The predicted octanol–water partition coefficient (Wildman–Crippen LogP) is 9.41. The molecule has 0 atom stereocenters. The summed E-state index contributed by atoms with van der Waals surface area (Å²) in [5, 5.41) is 28.5. The summed E-state index contributed by atoms with van der Waals surface area (Å²) in [7, 11) is 1.48. The Morgan fingerprint density at radius 2 is 1.26 bits per heavy atom. The number of nitriles is 1. The smallest absolute Gasteiger partial charge is 0.346 e. The first-order valence-corrected chi connectivity index (χ1v) is 15.2. The summed E-state index contributed by atoms with van der Waals surface area (Å²) in [5.74, 6) is -0.934. The number of benzene rings is 4. The summed E-state index contributed by atoms with van der Waals surface area (Å²) in [4.78, 5) is 13.6. The third-order valence-electron chi connectivity index (χ3n) is 7.90. The highest BCUT2D eigenvalue weighted by Crippen LogP contribution is 2.37. The molecule has 0 fully saturated rings. The van der Waals surface area contributed by atoms with E-state index in [2.05, 4.69) is 107 Å². The molecule has 4 aromatic carbocycles. The van der Waals surface area contributed by atoms with Crippen molar-refractivity contribution < 1.29 is 19.7 Å². The molecule has 6 nitrogen and oxygen atoms in total. The highest BCUT2D eigenvalue weighted by Gasteiger charge is 2.18. The number of anilines is 3. The monoisotopic (exact) mass is 614 g/mol. The van der Waals surface area contributed by atoms with Gasteiger partial charge in [-0.2, -0.15) is 5.26 Å². The lowest BCUT2D eigenvalue weighted by Gasteiger charge is -2.28. The van der Waals surface area contributed by atoms with Crippen LogP contribution in [0.25, 0.3) is 18.2 Å². The van der Waals surface area contributed by atoms with Crippen LogP contribution in [-0.4, -0.2) is 23.3 Å². The van der Waals surface area contributed by atoms with Crippen LogP contribution in [0.15, 0.2) is 90.5 Å². The molecule has 4 rings (SSSR count). The predicted molar refractivity (Wildman–Crippen MR) is 188 cm³/mol. The highest BCUT2D eigenvalue weighted by atomic mass is 16.5. The maximum absolute atomic E-state index is 11.3. The van der Waals surface area contributed by atoms with E-state index >= 15 is 0 Å². The molecule has 0 saturated carbocycles. The number of hydrogen-bond donors (Lipinski definition) is 2. The first-order valence-electron chi connectivity index (χ1n) is 15.2. The van der Waals surface area contributed by atoms with Crippen LogP contribution in [0.1, 0.15) is 74.9 Å². The Kier molecular flexibility index (Phi) is 10.2. The van der Waals surface area contributed by atoms with Gasteiger partial charge in [0.05, 0.1) is 13.7 Å². The van der Waals surface area contributed by atoms with Crippen molar-refractivity contribution in [2.45, 2.75) is 59.0 Å². The van der Waals surface area contributed by atoms with Crippen molar-refractivity contribution >= 4 is 41.3 Å². The second kappa shape index (κ2) is 13.9. The zero-order valence-electron chi connectivity index (χ0n) is 27.6. The Morgan fingerprint density at radius 1 is 0.783 bits per heavy atom. The number of aliphatic carboxylic acids is 1. The Bertz CT molecular complexity index is 1720. The minimum absolute atomic E-state index is 0.0562. The van der Waals surface area contributed by atoms with Crippen LogP contribution in [0.2, 0.25) is 0 Å². The summed E-state index contributed by atoms with van der Waals surface area (Å²) in [6, 6.07) is 30.8. The number of aliphatic hydroxyl groups is 1. The van der Waals surface area contributed by atoms with Gasteiger partial charge in [-0.1, -0.05) is 90.1 Å². The molecular formula is C40H42N2O4. The Hall–Kier alpha value is -5.12. The van der Waals surface area contributed by atoms with Crippen molar-refractivity contribution in [3.63, 3.8) is 0 Å². The summed E-state index contributed by atoms with van der Waals surface area (Å²) in [6.45, 7) is 13.0. The van der Waals surface area contributed by atoms with E-state index in [1.165, 1.54) is 24.3 Å². The van der Waals surface area contributed by atoms with Crippen LogP contribution in [0.3, 0.4) is 0 Å². The van der Waals surface area contributed by atoms with E-state index in [0.29, 0.717) is 22.4 Å². The molecule has 0 aromatic heterocycles. The van der Waals surface area contributed by atoms with Crippen LogP contribution >= 0.6 is 0 Å². The fraction of sp³-hybridized carbons (Fsp3) is 0.250. The van der Waals surface area contributed by atoms with Crippen molar-refractivity contribution in [1.82, 2.24) is 0 Å². The van der Waals surface area contributed by atoms with Gasteiger partial charge in [-0.05, 0) is 93.3 Å². The van der Waals surface area contributed by atoms with Crippen molar-refractivity contribution in [3.05, 3.63) is 124 Å². The summed E-state index contributed by atoms with van der Waals surface area (Å²) in [5.41, 5.74) is 8.04. The molecule has 0 radical (unpaired) electrons. The Balaban J connectivity index is 1.69. The van der Waals surface area contributed by atoms with E-state index in [1.807, 2.05) is 24.3 Å². The molecule has 46 heavy (non-hydrogen) atoms. The van der Waals surface area contributed by atoms with E-state index < -0.39 is 11.5 Å². The lowest BCUT2D eigenvalue weighted by atomic mass is 9.86. The molecule has 0 aliphatic rings. The zero-order valence-corrected chi connectivity index (χ0v) is 27.6. The topological polar surface area (TPSA) is 93.8 Å². The molecule has 0 unspecified atom stereocenters. The van der Waals surface area contributed by atoms with E-state index in [9.17, 15) is 20.3 Å². The van der Waals surface area contributed by atoms with Crippen LogP contribution in [0.4, 0.5) is 17.1 Å². The van der Waals surface area contributed by atoms with Gasteiger partial charge in [-0.25, -0.2) is 4.79 Å². The molecule has 0 saturated heterocycles. The van der Waals surface area contributed by atoms with Gasteiger partial charge in [0.1, 0.15) is 17.4 Å². The molecule has 0 bridgehead atoms. The maximum Gasteiger partial charge on any atom is 0.346 e. The number of carboxylic acid groups (broad SMARTS) is 1. The molecule has 0 aliphatic carbocycles. The Morgan fingerprint density at radius 3 is 1.65 bits per heavy atom. The minimum atomic E-state index is -1.33. The van der Waals surface area contributed by atoms with Crippen LogP contribution in [0, 0.1) is 11.3 Å². The lowest BCUT2D eigenvalue weighted by Crippen LogP contribution is -2.14. The van der Waals surface area contributed by atoms with Crippen molar-refractivity contribution in [3.8, 4) is 11.8 Å². The minimum Gasteiger partial charge on any atom is -0.496 e. The number of methoxy groups -OCH3 is 1. The van der Waals surface area contributed by atoms with Crippen LogP contribution in [0.5, 0.6) is 5.75 Å². The summed E-state index contributed by atoms with van der Waals surface area (Å²) in [6.07, 6.45) is 5.07. The largest absolute Gasteiger partial charge is 0.496 e. The molecule has 2 N–H and O–H groups in total. The quantitative estimate of drug-likeness (QED) is 0.111. The fourth-order valence-electron chi connectivity index (χ4n) is 5.13. The first kappa shape index (κ1) is 33.8. The number of hydrogen-bond acceptors (Lipinski definition) is 5. The lowest BCUT2D eigenvalue weighted by molar-refractivity contribution is -0.132. The standard InChI is InChI=1S/C40H42N2O4/c1-39(2,3)32-12-18-35(19-13-32)42(36-20-14-33(15-21-36)40(4,5)6)34-16-9-27(10-17-34)8-11-28-24-37(46-7)29(23-31(28)26-43)22-30(25-41)38(44)45/h8-24,43H,26H2,1-7H3,(H,44,45)/b11-8+,30-22-. The number of carboxylic acids is 1. The van der Waals surface area contributed by atoms with Gasteiger partial charge in [-0.3, -0.25) is 0 Å². The van der Waals surface area contributed by atoms with E-state index in [4.69, 9.17) is 4.74 Å². The van der Waals surface area contributed by atoms with Gasteiger partial charge in [0, 0.05) is 22.6 Å². The summed E-state index contributed by atoms with van der Waals surface area (Å²) < 4.78 is 5.47. The molecule has 6 heteroatoms. The molecule has 0 heterocycles. The second-order valence-electron chi connectivity index (χ2n) is 13.3. The fourth-order valence-corrected chi connectivity index (χ4v) is 5.13. The number of carbonyl (C=O) groups is 1. The normalized spacial score (nSPS) is 12.2. The van der Waals surface area contributed by atoms with Crippen molar-refractivity contribution in [1.29, 1.82) is 5.26 Å². The van der Waals surface area contributed by atoms with Gasteiger partial charge in [0.2, 0.25) is 0 Å². The first-order chi connectivity index (χ1) is 21.7. The zero-order chi connectivity index (χ0) is 33.6. The van der Waals surface area contributed by atoms with Gasteiger partial charge in [-0.15, -0.1) is 0 Å². The Labute approximate surface area is 272 Å². The van der Waals surface area contributed by atoms with Gasteiger partial charge >= 0.3 is 5.97 Å².